The summed E-state index contributed by atoms with van der Waals surface area (Å²) in [6, 6.07) is 10.0. The van der Waals surface area contributed by atoms with Gasteiger partial charge < -0.3 is 9.88 Å². The average molecular weight is 311 g/mol. The van der Waals surface area contributed by atoms with Gasteiger partial charge in [0.25, 0.3) is 5.91 Å². The van der Waals surface area contributed by atoms with Crippen molar-refractivity contribution in [3.63, 3.8) is 0 Å². The molecule has 0 saturated carbocycles. The van der Waals surface area contributed by atoms with Gasteiger partial charge in [0.1, 0.15) is 0 Å². The van der Waals surface area contributed by atoms with E-state index >= 15 is 0 Å². The van der Waals surface area contributed by atoms with E-state index in [1.165, 1.54) is 11.8 Å². The van der Waals surface area contributed by atoms with Crippen LogP contribution in [0.1, 0.15) is 16.8 Å². The third-order valence-electron chi connectivity index (χ3n) is 3.50. The van der Waals surface area contributed by atoms with Crippen molar-refractivity contribution < 1.29 is 4.79 Å². The number of aromatic nitrogens is 1. The first kappa shape index (κ1) is 14.7. The lowest BCUT2D eigenvalue weighted by molar-refractivity contribution is -0.115. The van der Waals surface area contributed by atoms with Crippen LogP contribution in [-0.4, -0.2) is 15.6 Å². The Morgan fingerprint density at radius 2 is 2.09 bits per heavy atom. The first-order chi connectivity index (χ1) is 10.5. The SMILES string of the molecule is Cc1ccc(C)c(N=C2NC(=O)C(=Cc3cccn3C)S2)c1. The van der Waals surface area contributed by atoms with Gasteiger partial charge in [-0.2, -0.15) is 0 Å². The van der Waals surface area contributed by atoms with Gasteiger partial charge in [-0.25, -0.2) is 4.99 Å². The number of amides is 1. The van der Waals surface area contributed by atoms with Crippen molar-refractivity contribution in [2.24, 2.45) is 12.0 Å². The zero-order valence-corrected chi connectivity index (χ0v) is 13.6. The Bertz CT molecular complexity index is 802. The Kier molecular flexibility index (Phi) is 3.90. The van der Waals surface area contributed by atoms with Crippen LogP contribution in [-0.2, 0) is 11.8 Å². The molecule has 3 rings (SSSR count). The highest BCUT2D eigenvalue weighted by molar-refractivity contribution is 8.18. The van der Waals surface area contributed by atoms with E-state index in [1.54, 1.807) is 0 Å². The van der Waals surface area contributed by atoms with Crippen molar-refractivity contribution in [1.29, 1.82) is 0 Å². The fraction of sp³-hybridized carbons (Fsp3) is 0.176. The maximum Gasteiger partial charge on any atom is 0.264 e. The van der Waals surface area contributed by atoms with Crippen LogP contribution in [0.2, 0.25) is 0 Å². The number of nitrogens with zero attached hydrogens (tertiary/aromatic N) is 2. The number of aryl methyl sites for hydroxylation is 3. The van der Waals surface area contributed by atoms with Gasteiger partial charge in [0, 0.05) is 18.9 Å². The zero-order valence-electron chi connectivity index (χ0n) is 12.8. The average Bonchev–Trinajstić information content (AvgIpc) is 3.02. The summed E-state index contributed by atoms with van der Waals surface area (Å²) in [7, 11) is 1.95. The third kappa shape index (κ3) is 2.99. The van der Waals surface area contributed by atoms with Crippen molar-refractivity contribution in [2.45, 2.75) is 13.8 Å². The number of carbonyl (C=O) groups is 1. The zero-order chi connectivity index (χ0) is 15.7. The number of rotatable bonds is 2. The molecule has 0 bridgehead atoms. The second-order valence-electron chi connectivity index (χ2n) is 5.32. The van der Waals surface area contributed by atoms with E-state index in [4.69, 9.17) is 0 Å². The van der Waals surface area contributed by atoms with Crippen molar-refractivity contribution in [1.82, 2.24) is 9.88 Å². The van der Waals surface area contributed by atoms with Crippen LogP contribution in [0, 0.1) is 13.8 Å². The number of hydrogen-bond donors (Lipinski definition) is 1. The summed E-state index contributed by atoms with van der Waals surface area (Å²) in [4.78, 5) is 17.3. The van der Waals surface area contributed by atoms with E-state index in [1.807, 2.05) is 62.0 Å². The van der Waals surface area contributed by atoms with Crippen LogP contribution >= 0.6 is 11.8 Å². The van der Waals surface area contributed by atoms with Gasteiger partial charge >= 0.3 is 0 Å². The molecule has 0 radical (unpaired) electrons. The van der Waals surface area contributed by atoms with Gasteiger partial charge in [-0.15, -0.1) is 0 Å². The van der Waals surface area contributed by atoms with Gasteiger partial charge in [0.2, 0.25) is 0 Å². The first-order valence-electron chi connectivity index (χ1n) is 7.01. The fourth-order valence-corrected chi connectivity index (χ4v) is 3.01. The van der Waals surface area contributed by atoms with Crippen molar-refractivity contribution >= 4 is 34.6 Å². The molecule has 1 saturated heterocycles. The molecule has 0 atom stereocenters. The first-order valence-corrected chi connectivity index (χ1v) is 7.83. The number of thioether (sulfide) groups is 1. The Morgan fingerprint density at radius 3 is 2.82 bits per heavy atom. The van der Waals surface area contributed by atoms with E-state index < -0.39 is 0 Å². The molecule has 1 amide bonds. The molecule has 22 heavy (non-hydrogen) atoms. The minimum absolute atomic E-state index is 0.102. The van der Waals surface area contributed by atoms with Crippen LogP contribution in [0.5, 0.6) is 0 Å². The van der Waals surface area contributed by atoms with Crippen LogP contribution in [0.25, 0.3) is 6.08 Å². The molecule has 1 N–H and O–H groups in total. The molecule has 1 aliphatic rings. The summed E-state index contributed by atoms with van der Waals surface area (Å²) < 4.78 is 1.97. The van der Waals surface area contributed by atoms with Gasteiger partial charge in [0.15, 0.2) is 5.17 Å². The number of aliphatic imine (C=N–C) groups is 1. The Labute approximate surface area is 133 Å². The lowest BCUT2D eigenvalue weighted by Gasteiger charge is -2.02. The molecule has 1 fully saturated rings. The molecular weight excluding hydrogens is 294 g/mol. The molecule has 1 aromatic heterocycles. The number of amidine groups is 1. The lowest BCUT2D eigenvalue weighted by atomic mass is 10.1. The molecule has 4 nitrogen and oxygen atoms in total. The lowest BCUT2D eigenvalue weighted by Crippen LogP contribution is -2.19. The van der Waals surface area contributed by atoms with E-state index in [2.05, 4.69) is 16.4 Å². The van der Waals surface area contributed by atoms with Crippen molar-refractivity contribution in [3.05, 3.63) is 58.3 Å². The smallest absolute Gasteiger partial charge is 0.264 e. The molecule has 5 heteroatoms. The monoisotopic (exact) mass is 311 g/mol. The topological polar surface area (TPSA) is 46.4 Å². The second kappa shape index (κ2) is 5.85. The molecule has 2 heterocycles. The number of hydrogen-bond acceptors (Lipinski definition) is 3. The molecule has 1 aliphatic heterocycles. The highest BCUT2D eigenvalue weighted by atomic mass is 32.2. The molecule has 1 aromatic carbocycles. The quantitative estimate of drug-likeness (QED) is 0.862. The van der Waals surface area contributed by atoms with Gasteiger partial charge in [0.05, 0.1) is 10.6 Å². The fourth-order valence-electron chi connectivity index (χ4n) is 2.19. The minimum atomic E-state index is -0.102. The molecule has 0 spiro atoms. The Balaban J connectivity index is 1.88. The van der Waals surface area contributed by atoms with Crippen LogP contribution < -0.4 is 5.32 Å². The number of carbonyl (C=O) groups excluding carboxylic acids is 1. The summed E-state index contributed by atoms with van der Waals surface area (Å²) in [5.74, 6) is -0.102. The highest BCUT2D eigenvalue weighted by Crippen LogP contribution is 2.29. The van der Waals surface area contributed by atoms with Gasteiger partial charge in [-0.3, -0.25) is 4.79 Å². The largest absolute Gasteiger partial charge is 0.351 e. The maximum absolute atomic E-state index is 12.1. The maximum atomic E-state index is 12.1. The number of nitrogens with one attached hydrogen (secondary N) is 1. The van der Waals surface area contributed by atoms with Crippen LogP contribution in [0.4, 0.5) is 5.69 Å². The summed E-state index contributed by atoms with van der Waals surface area (Å²) >= 11 is 1.37. The molecule has 0 unspecified atom stereocenters. The Morgan fingerprint density at radius 1 is 1.27 bits per heavy atom. The second-order valence-corrected chi connectivity index (χ2v) is 6.35. The van der Waals surface area contributed by atoms with Crippen molar-refractivity contribution in [3.8, 4) is 0 Å². The highest BCUT2D eigenvalue weighted by Gasteiger charge is 2.24. The number of benzene rings is 1. The van der Waals surface area contributed by atoms with Crippen molar-refractivity contribution in [2.75, 3.05) is 0 Å². The van der Waals surface area contributed by atoms with E-state index in [0.717, 1.165) is 22.5 Å². The van der Waals surface area contributed by atoms with E-state index in [-0.39, 0.29) is 5.91 Å². The third-order valence-corrected chi connectivity index (χ3v) is 4.41. The van der Waals surface area contributed by atoms with E-state index in [0.29, 0.717) is 10.1 Å². The minimum Gasteiger partial charge on any atom is -0.351 e. The van der Waals surface area contributed by atoms with E-state index in [9.17, 15) is 4.79 Å². The summed E-state index contributed by atoms with van der Waals surface area (Å²) in [5.41, 5.74) is 4.13. The molecule has 0 aliphatic carbocycles. The van der Waals surface area contributed by atoms with Crippen LogP contribution in [0.3, 0.4) is 0 Å². The van der Waals surface area contributed by atoms with Crippen LogP contribution in [0.15, 0.2) is 46.4 Å². The predicted molar refractivity (Wildman–Crippen MR) is 92.1 cm³/mol. The predicted octanol–water partition coefficient (Wildman–Crippen LogP) is 3.53. The molecule has 112 valence electrons. The summed E-state index contributed by atoms with van der Waals surface area (Å²) in [6.07, 6.45) is 3.83. The normalized spacial score (nSPS) is 18.2. The molecular formula is C17H17N3OS. The van der Waals surface area contributed by atoms with Gasteiger partial charge in [-0.05, 0) is 61.0 Å². The standard InChI is InChI=1S/C17H17N3OS/c1-11-6-7-12(2)14(9-11)18-17-19-16(21)15(22-17)10-13-5-4-8-20(13)3/h4-10H,1-3H3,(H,18,19,21). The summed E-state index contributed by atoms with van der Waals surface area (Å²) in [6.45, 7) is 4.05. The summed E-state index contributed by atoms with van der Waals surface area (Å²) in [5, 5.41) is 3.45. The Hall–Kier alpha value is -2.27. The van der Waals surface area contributed by atoms with Gasteiger partial charge in [-0.1, -0.05) is 12.1 Å². The molecule has 2 aromatic rings.